The van der Waals surface area contributed by atoms with Crippen molar-refractivity contribution < 1.29 is 52.4 Å². The molecule has 2 saturated heterocycles. The molecule has 0 aromatic heterocycles. The van der Waals surface area contributed by atoms with Crippen molar-refractivity contribution in [2.24, 2.45) is 70.0 Å². The average Bonchev–Trinajstić information content (AvgIpc) is 1.63. The number of hydrogen-bond acceptors (Lipinski definition) is 10. The maximum absolute atomic E-state index is 12.0. The third-order valence-electron chi connectivity index (χ3n) is 26.2. The van der Waals surface area contributed by atoms with E-state index in [0.29, 0.717) is 71.5 Å². The van der Waals surface area contributed by atoms with Crippen molar-refractivity contribution in [2.75, 3.05) is 13.2 Å². The SMILES string of the molecule is C#CC[C@@H](O[Si](C)(C)C(C)(C)C)[C@H](CCCO[Si](C)(C)C(C)(C)C)[C@@H](C=C)O[Si](C)(C)C(C)(C)C.C=C1/C(=C\C=C2/CCC[C@]3(C)[C@@H]([C@H](C)C[C@H]4OC(=O)C(=C)[C@@H]4C)CC[C@@H]23)C[C@@H](O)[C@H](CCCO)[C@@H]1O.C=C1C(=O)O[C@H](C[C@@H](C)[C@H]2CC[C@H]3/C(=C/Br)CCC[C@]23C)[C@H]1C.CC.F. The van der Waals surface area contributed by atoms with E-state index in [1.54, 1.807) is 5.57 Å². The highest BCUT2D eigenvalue weighted by molar-refractivity contribution is 9.11. The minimum absolute atomic E-state index is 0. The highest BCUT2D eigenvalue weighted by Gasteiger charge is 2.54. The largest absolute Gasteiger partial charge is 0.458 e. The van der Waals surface area contributed by atoms with Crippen molar-refractivity contribution in [1.82, 2.24) is 0 Å². The van der Waals surface area contributed by atoms with Crippen LogP contribution in [0.2, 0.25) is 54.4 Å². The zero-order valence-corrected chi connectivity index (χ0v) is 70.2. The Hall–Kier alpha value is -2.50. The molecule has 0 spiro atoms. The van der Waals surface area contributed by atoms with Gasteiger partial charge in [0, 0.05) is 54.5 Å². The van der Waals surface area contributed by atoms with Gasteiger partial charge in [-0.2, -0.15) is 0 Å². The summed E-state index contributed by atoms with van der Waals surface area (Å²) in [6.45, 7) is 69.3. The first-order valence-corrected chi connectivity index (χ1v) is 47.2. The highest BCUT2D eigenvalue weighted by Crippen LogP contribution is 2.62. The van der Waals surface area contributed by atoms with Crippen LogP contribution in [-0.2, 0) is 32.3 Å². The van der Waals surface area contributed by atoms with E-state index in [2.05, 4.69) is 208 Å². The normalized spacial score (nSPS) is 32.2. The number of carbonyl (C=O) groups is 2. The molecule has 0 aromatic carbocycles. The summed E-state index contributed by atoms with van der Waals surface area (Å²) in [5.41, 5.74) is 6.66. The van der Waals surface area contributed by atoms with Gasteiger partial charge in [0.2, 0.25) is 0 Å². The van der Waals surface area contributed by atoms with E-state index in [4.69, 9.17) is 34.3 Å². The number of hydrogen-bond donors (Lipinski definition) is 3. The zero-order valence-electron chi connectivity index (χ0n) is 65.6. The number of terminal acetylenes is 1. The lowest BCUT2D eigenvalue weighted by Gasteiger charge is -2.45. The van der Waals surface area contributed by atoms with Gasteiger partial charge in [0.15, 0.2) is 25.0 Å². The quantitative estimate of drug-likeness (QED) is 0.0226. The van der Waals surface area contributed by atoms with Gasteiger partial charge in [-0.15, -0.1) is 18.9 Å². The fraction of sp³-hybridized carbons (Fsp3) is 0.780. The molecule has 7 fully saturated rings. The van der Waals surface area contributed by atoms with E-state index < -0.39 is 37.2 Å². The number of allylic oxidation sites excluding steroid dienone is 4. The lowest BCUT2D eigenvalue weighted by atomic mass is 9.60. The summed E-state index contributed by atoms with van der Waals surface area (Å²) in [6, 6.07) is 0. The Morgan fingerprint density at radius 1 is 0.711 bits per heavy atom. The Labute approximate surface area is 604 Å². The number of fused-ring (bicyclic) bond motifs is 2. The molecule has 18 atom stereocenters. The summed E-state index contributed by atoms with van der Waals surface area (Å²) in [5, 5.41) is 31.0. The first-order valence-electron chi connectivity index (χ1n) is 37.6. The van der Waals surface area contributed by atoms with Gasteiger partial charge in [0.05, 0.1) is 24.4 Å². The lowest BCUT2D eigenvalue weighted by Crippen LogP contribution is -2.50. The van der Waals surface area contributed by atoms with Crippen molar-refractivity contribution >= 4 is 52.8 Å². The monoisotopic (exact) mass is 1470 g/mol. The Bertz CT molecular complexity index is 2760. The Morgan fingerprint density at radius 3 is 1.58 bits per heavy atom. The number of cyclic esters (lactones) is 2. The van der Waals surface area contributed by atoms with E-state index in [-0.39, 0.29) is 91.9 Å². The molecule has 0 unspecified atom stereocenters. The molecule has 5 aliphatic carbocycles. The van der Waals surface area contributed by atoms with Gasteiger partial charge >= 0.3 is 11.9 Å². The van der Waals surface area contributed by atoms with Crippen LogP contribution < -0.4 is 0 Å². The molecule has 2 heterocycles. The Morgan fingerprint density at radius 2 is 1.16 bits per heavy atom. The van der Waals surface area contributed by atoms with Gasteiger partial charge in [0.1, 0.15) is 12.2 Å². The van der Waals surface area contributed by atoms with Gasteiger partial charge < -0.3 is 38.1 Å². The average molecular weight is 1470 g/mol. The summed E-state index contributed by atoms with van der Waals surface area (Å²) < 4.78 is 31.7. The molecule has 556 valence electrons. The number of esters is 2. The minimum atomic E-state index is -2.02. The molecule has 3 N–H and O–H groups in total. The molecule has 0 radical (unpaired) electrons. The van der Waals surface area contributed by atoms with Gasteiger partial charge in [-0.3, -0.25) is 4.70 Å². The molecule has 0 amide bonds. The van der Waals surface area contributed by atoms with Crippen LogP contribution in [0.25, 0.3) is 0 Å². The first kappa shape index (κ1) is 88.7. The van der Waals surface area contributed by atoms with E-state index in [1.807, 2.05) is 19.9 Å². The third-order valence-corrected chi connectivity index (χ3v) is 40.3. The minimum Gasteiger partial charge on any atom is -0.458 e. The van der Waals surface area contributed by atoms with Crippen molar-refractivity contribution in [2.45, 2.75) is 324 Å². The number of aliphatic hydroxyl groups is 3. The molecule has 7 aliphatic rings. The Balaban J connectivity index is 0.000000380. The summed E-state index contributed by atoms with van der Waals surface area (Å²) in [5.74, 6) is 6.32. The fourth-order valence-corrected chi connectivity index (χ4v) is 21.1. The molecule has 0 bridgehead atoms. The molecule has 97 heavy (non-hydrogen) atoms. The fourth-order valence-electron chi connectivity index (χ4n) is 16.8. The number of ether oxygens (including phenoxy) is 2. The topological polar surface area (TPSA) is 141 Å². The number of aliphatic hydroxyl groups excluding tert-OH is 3. The number of rotatable bonds is 23. The van der Waals surface area contributed by atoms with Crippen molar-refractivity contribution in [3.05, 3.63) is 83.0 Å². The van der Waals surface area contributed by atoms with Crippen molar-refractivity contribution in [3.8, 4) is 12.3 Å². The first-order chi connectivity index (χ1) is 44.4. The van der Waals surface area contributed by atoms with Crippen LogP contribution in [0.3, 0.4) is 0 Å². The molecular weight excluding hydrogens is 1330 g/mol. The molecular formula is C82H142BrFO10Si3. The molecule has 10 nitrogen and oxygen atoms in total. The van der Waals surface area contributed by atoms with E-state index >= 15 is 0 Å². The van der Waals surface area contributed by atoms with E-state index in [0.717, 1.165) is 56.1 Å². The van der Waals surface area contributed by atoms with Gasteiger partial charge in [0.25, 0.3) is 0 Å². The van der Waals surface area contributed by atoms with Crippen LogP contribution in [0, 0.1) is 82.4 Å². The maximum atomic E-state index is 12.0. The van der Waals surface area contributed by atoms with Gasteiger partial charge in [-0.25, -0.2) is 9.59 Å². The smallest absolute Gasteiger partial charge is 0.334 e. The highest BCUT2D eigenvalue weighted by atomic mass is 79.9. The van der Waals surface area contributed by atoms with E-state index in [9.17, 15) is 19.8 Å². The van der Waals surface area contributed by atoms with Crippen molar-refractivity contribution in [3.63, 3.8) is 0 Å². The van der Waals surface area contributed by atoms with E-state index in [1.165, 1.54) is 63.4 Å². The van der Waals surface area contributed by atoms with Crippen LogP contribution in [0.15, 0.2) is 83.0 Å². The molecule has 2 aliphatic heterocycles. The second-order valence-electron chi connectivity index (χ2n) is 35.3. The second-order valence-corrected chi connectivity index (χ2v) is 50.1. The molecule has 15 heteroatoms. The van der Waals surface area contributed by atoms with Crippen LogP contribution >= 0.6 is 15.9 Å². The van der Waals surface area contributed by atoms with Crippen molar-refractivity contribution in [1.29, 1.82) is 0 Å². The molecule has 7 rings (SSSR count). The standard InChI is InChI=1S/C31H46O5.C29H60O3Si3.C20H29BrO2.C2H6.FH/c1-18(16-28-19(2)20(3)30(35)36-28)25-12-13-26-22(8-6-14-31(25,26)5)10-11-23-17-27(33)24(9-7-15-32)29(34)21(23)4;1-18-21-26(32-35(16,17)29(9,10)11)24(22-20-23-30-33(12,13)27(3,4)5)25(19-2)31-34(14,15)28(6,7)8;1-12(10-18-13(2)14(3)19(22)23-18)16-7-8-17-15(11-21)6-5-9-20(16,17)4;1-2;/h10-11,18-19,24-29,32-34H,3-4,6-9,12-17H2,1-2,5H3;1,19,24-26H,2,20-23H2,3-17H3;11-13,16-18H,3,5-10H2,1-2,4H3;1-2H3;1H/b22-10+,23-11-;;15-11+;;/t18-,19+,24+,25-,26+,27-,28-,29-,31-;24-,25-,26-;12-,13+,16-,17+,18-,20-;;/m111../s1. The summed E-state index contributed by atoms with van der Waals surface area (Å²) >= 11 is 3.59. The van der Waals surface area contributed by atoms with Crippen LogP contribution in [0.1, 0.15) is 233 Å². The maximum Gasteiger partial charge on any atom is 0.334 e. The summed E-state index contributed by atoms with van der Waals surface area (Å²) in [6.07, 6.45) is 29.2. The molecule has 0 aromatic rings. The zero-order chi connectivity index (χ0) is 73.1. The lowest BCUT2D eigenvalue weighted by molar-refractivity contribution is -0.141. The molecule has 5 saturated carbocycles. The van der Waals surface area contributed by atoms with Crippen LogP contribution in [0.4, 0.5) is 4.70 Å². The predicted octanol–water partition coefficient (Wildman–Crippen LogP) is 21.5. The van der Waals surface area contributed by atoms with Crippen LogP contribution in [-0.4, -0.2) is 102 Å². The Kier molecular flexibility index (Phi) is 33.6. The third kappa shape index (κ3) is 21.6. The predicted molar refractivity (Wildman–Crippen MR) is 417 cm³/mol. The summed E-state index contributed by atoms with van der Waals surface area (Å²) in [7, 11) is -5.81. The number of carbonyl (C=O) groups excluding carboxylic acids is 2. The van der Waals surface area contributed by atoms with Crippen LogP contribution in [0.5, 0.6) is 0 Å². The van der Waals surface area contributed by atoms with Gasteiger partial charge in [-0.1, -0.05) is 183 Å². The second kappa shape index (κ2) is 36.8. The van der Waals surface area contributed by atoms with Gasteiger partial charge in [-0.05, 0) is 226 Å². The number of halogens is 2. The summed E-state index contributed by atoms with van der Waals surface area (Å²) in [4.78, 5) is 25.9.